The van der Waals surface area contributed by atoms with Crippen LogP contribution in [0.3, 0.4) is 0 Å². The summed E-state index contributed by atoms with van der Waals surface area (Å²) < 4.78 is 11.9. The summed E-state index contributed by atoms with van der Waals surface area (Å²) >= 11 is 1.48. The van der Waals surface area contributed by atoms with Gasteiger partial charge in [0.2, 0.25) is 5.91 Å². The Hall–Kier alpha value is -3.65. The lowest BCUT2D eigenvalue weighted by molar-refractivity contribution is -0.116. The molecule has 4 aromatic rings. The Morgan fingerprint density at radius 1 is 1.07 bits per heavy atom. The molecule has 0 saturated carbocycles. The number of aromatic nitrogens is 2. The molecular formula is C22H19N3O4S. The molecule has 4 rings (SSSR count). The Bertz CT molecular complexity index is 1270. The fourth-order valence-electron chi connectivity index (χ4n) is 3.14. The summed E-state index contributed by atoms with van der Waals surface area (Å²) in [6.45, 7) is 0. The molecule has 0 atom stereocenters. The van der Waals surface area contributed by atoms with Crippen LogP contribution in [-0.2, 0) is 11.2 Å². The van der Waals surface area contributed by atoms with Crippen LogP contribution in [0.15, 0.2) is 64.8 Å². The third-order valence-electron chi connectivity index (χ3n) is 4.57. The van der Waals surface area contributed by atoms with Crippen molar-refractivity contribution < 1.29 is 14.3 Å². The molecule has 8 heteroatoms. The van der Waals surface area contributed by atoms with Crippen molar-refractivity contribution in [3.05, 3.63) is 75.2 Å². The summed E-state index contributed by atoms with van der Waals surface area (Å²) in [5, 5.41) is 2.32. The molecule has 2 heterocycles. The summed E-state index contributed by atoms with van der Waals surface area (Å²) in [5.74, 6) is 1.05. The van der Waals surface area contributed by atoms with Gasteiger partial charge < -0.3 is 9.47 Å². The number of para-hydroxylation sites is 1. The molecule has 152 valence electrons. The van der Waals surface area contributed by atoms with E-state index in [-0.39, 0.29) is 17.9 Å². The number of carbonyl (C=O) groups excluding carboxylic acids is 1. The van der Waals surface area contributed by atoms with Gasteiger partial charge in [0, 0.05) is 10.4 Å². The number of fused-ring (bicyclic) bond motifs is 1. The van der Waals surface area contributed by atoms with Crippen LogP contribution in [-0.4, -0.2) is 29.8 Å². The first-order chi connectivity index (χ1) is 14.6. The maximum absolute atomic E-state index is 13.2. The first kappa shape index (κ1) is 19.7. The average molecular weight is 421 g/mol. The van der Waals surface area contributed by atoms with Crippen molar-refractivity contribution in [2.45, 2.75) is 6.42 Å². The van der Waals surface area contributed by atoms with Gasteiger partial charge in [-0.1, -0.05) is 18.2 Å². The van der Waals surface area contributed by atoms with E-state index in [0.29, 0.717) is 33.8 Å². The number of rotatable bonds is 6. The van der Waals surface area contributed by atoms with E-state index in [1.54, 1.807) is 43.5 Å². The Kier molecular flexibility index (Phi) is 5.49. The molecule has 0 saturated heterocycles. The van der Waals surface area contributed by atoms with Crippen molar-refractivity contribution in [1.82, 2.24) is 9.66 Å². The summed E-state index contributed by atoms with van der Waals surface area (Å²) in [6, 6.07) is 16.0. The fraction of sp³-hybridized carbons (Fsp3) is 0.136. The van der Waals surface area contributed by atoms with Crippen molar-refractivity contribution in [3.63, 3.8) is 0 Å². The second-order valence-electron chi connectivity index (χ2n) is 6.45. The number of hydrogen-bond acceptors (Lipinski definition) is 6. The van der Waals surface area contributed by atoms with Crippen LogP contribution in [0.4, 0.5) is 0 Å². The first-order valence-corrected chi connectivity index (χ1v) is 10.0. The molecule has 1 amide bonds. The van der Waals surface area contributed by atoms with Gasteiger partial charge in [0.1, 0.15) is 0 Å². The number of methoxy groups -OCH3 is 2. The number of hydrogen-bond donors (Lipinski definition) is 1. The van der Waals surface area contributed by atoms with Gasteiger partial charge in [-0.25, -0.2) is 4.98 Å². The summed E-state index contributed by atoms with van der Waals surface area (Å²) in [7, 11) is 3.08. The van der Waals surface area contributed by atoms with Gasteiger partial charge in [-0.15, -0.1) is 11.3 Å². The number of nitrogens with zero attached hydrogens (tertiary/aromatic N) is 2. The molecule has 0 aliphatic heterocycles. The number of benzene rings is 2. The second kappa shape index (κ2) is 8.38. The minimum atomic E-state index is -0.357. The van der Waals surface area contributed by atoms with E-state index >= 15 is 0 Å². The van der Waals surface area contributed by atoms with E-state index < -0.39 is 0 Å². The molecule has 7 nitrogen and oxygen atoms in total. The fourth-order valence-corrected chi connectivity index (χ4v) is 3.84. The molecule has 2 aromatic heterocycles. The normalized spacial score (nSPS) is 10.7. The van der Waals surface area contributed by atoms with Gasteiger partial charge in [0.15, 0.2) is 17.3 Å². The number of amides is 1. The predicted octanol–water partition coefficient (Wildman–Crippen LogP) is 3.46. The monoisotopic (exact) mass is 421 g/mol. The number of ether oxygens (including phenoxy) is 2. The van der Waals surface area contributed by atoms with Crippen molar-refractivity contribution in [3.8, 4) is 22.9 Å². The highest BCUT2D eigenvalue weighted by molar-refractivity contribution is 7.10. The van der Waals surface area contributed by atoms with Gasteiger partial charge in [-0.3, -0.25) is 15.0 Å². The summed E-state index contributed by atoms with van der Waals surface area (Å²) in [6.07, 6.45) is 0.169. The Morgan fingerprint density at radius 3 is 2.60 bits per heavy atom. The maximum atomic E-state index is 13.2. The van der Waals surface area contributed by atoms with Crippen LogP contribution in [0.2, 0.25) is 0 Å². The molecule has 0 fully saturated rings. The molecule has 0 aliphatic rings. The van der Waals surface area contributed by atoms with Crippen LogP contribution < -0.4 is 20.5 Å². The molecule has 0 radical (unpaired) electrons. The largest absolute Gasteiger partial charge is 0.493 e. The number of carbonyl (C=O) groups is 1. The zero-order valence-electron chi connectivity index (χ0n) is 16.4. The van der Waals surface area contributed by atoms with Crippen molar-refractivity contribution >= 4 is 28.1 Å². The minimum Gasteiger partial charge on any atom is -0.493 e. The lowest BCUT2D eigenvalue weighted by Crippen LogP contribution is -2.35. The molecule has 0 unspecified atom stereocenters. The zero-order valence-corrected chi connectivity index (χ0v) is 17.2. The molecular weight excluding hydrogens is 402 g/mol. The van der Waals surface area contributed by atoms with Crippen LogP contribution in [0, 0.1) is 0 Å². The third kappa shape index (κ3) is 3.77. The Labute approximate surface area is 176 Å². The number of thiophene rings is 1. The molecule has 2 aromatic carbocycles. The second-order valence-corrected chi connectivity index (χ2v) is 7.49. The van der Waals surface area contributed by atoms with Crippen molar-refractivity contribution in [1.29, 1.82) is 0 Å². The van der Waals surface area contributed by atoms with E-state index in [0.717, 1.165) is 4.88 Å². The van der Waals surface area contributed by atoms with Crippen LogP contribution in [0.5, 0.6) is 11.5 Å². The molecule has 30 heavy (non-hydrogen) atoms. The highest BCUT2D eigenvalue weighted by Gasteiger charge is 2.17. The smallest absolute Gasteiger partial charge is 0.280 e. The van der Waals surface area contributed by atoms with Crippen molar-refractivity contribution in [2.75, 3.05) is 19.6 Å². The lowest BCUT2D eigenvalue weighted by Gasteiger charge is -2.16. The zero-order chi connectivity index (χ0) is 21.1. The number of nitrogens with one attached hydrogen (secondary N) is 1. The van der Waals surface area contributed by atoms with Gasteiger partial charge >= 0.3 is 0 Å². The third-order valence-corrected chi connectivity index (χ3v) is 5.45. The van der Waals surface area contributed by atoms with E-state index in [4.69, 9.17) is 9.47 Å². The summed E-state index contributed by atoms with van der Waals surface area (Å²) in [5.41, 5.74) is 3.50. The standard InChI is InChI=1S/C22H19N3O4S/c1-28-18-10-9-14(12-19(18)29-2)21-23-17-8-4-3-7-16(17)22(27)25(21)24-20(26)13-15-6-5-11-30-15/h3-12H,13H2,1-2H3,(H,24,26). The topological polar surface area (TPSA) is 82.5 Å². The highest BCUT2D eigenvalue weighted by Crippen LogP contribution is 2.31. The van der Waals surface area contributed by atoms with Gasteiger partial charge in [0.25, 0.3) is 5.56 Å². The van der Waals surface area contributed by atoms with E-state index in [1.807, 2.05) is 23.6 Å². The molecule has 0 aliphatic carbocycles. The Morgan fingerprint density at radius 2 is 1.87 bits per heavy atom. The van der Waals surface area contributed by atoms with Crippen LogP contribution in [0.1, 0.15) is 4.88 Å². The van der Waals surface area contributed by atoms with Gasteiger partial charge in [-0.2, -0.15) is 4.68 Å². The van der Waals surface area contributed by atoms with E-state index in [9.17, 15) is 9.59 Å². The van der Waals surface area contributed by atoms with Crippen LogP contribution in [0.25, 0.3) is 22.3 Å². The SMILES string of the molecule is COc1ccc(-c2nc3ccccc3c(=O)n2NC(=O)Cc2cccs2)cc1OC. The van der Waals surface area contributed by atoms with Gasteiger partial charge in [0.05, 0.1) is 31.5 Å². The van der Waals surface area contributed by atoms with Crippen molar-refractivity contribution in [2.24, 2.45) is 0 Å². The van der Waals surface area contributed by atoms with E-state index in [2.05, 4.69) is 10.4 Å². The maximum Gasteiger partial charge on any atom is 0.280 e. The van der Waals surface area contributed by atoms with Crippen LogP contribution >= 0.6 is 11.3 Å². The molecule has 0 spiro atoms. The highest BCUT2D eigenvalue weighted by atomic mass is 32.1. The van der Waals surface area contributed by atoms with Gasteiger partial charge in [-0.05, 0) is 41.8 Å². The summed E-state index contributed by atoms with van der Waals surface area (Å²) in [4.78, 5) is 31.4. The first-order valence-electron chi connectivity index (χ1n) is 9.17. The minimum absolute atomic E-state index is 0.169. The molecule has 1 N–H and O–H groups in total. The Balaban J connectivity index is 1.84. The molecule has 0 bridgehead atoms. The average Bonchev–Trinajstić information content (AvgIpc) is 3.28. The quantitative estimate of drug-likeness (QED) is 0.516. The van der Waals surface area contributed by atoms with E-state index in [1.165, 1.54) is 23.1 Å². The lowest BCUT2D eigenvalue weighted by atomic mass is 10.1. The predicted molar refractivity (Wildman–Crippen MR) is 117 cm³/mol.